The highest BCUT2D eigenvalue weighted by Crippen LogP contribution is 2.32. The predicted molar refractivity (Wildman–Crippen MR) is 81.1 cm³/mol. The fourth-order valence-electron chi connectivity index (χ4n) is 2.25. The first-order valence-corrected chi connectivity index (χ1v) is 7.05. The minimum absolute atomic E-state index is 0.0630. The lowest BCUT2D eigenvalue weighted by Gasteiger charge is -2.10. The van der Waals surface area contributed by atoms with E-state index in [-0.39, 0.29) is 10.8 Å². The molecule has 0 aromatic heterocycles. The summed E-state index contributed by atoms with van der Waals surface area (Å²) in [5, 5.41) is 13.9. The highest BCUT2D eigenvalue weighted by Gasteiger charge is 2.12. The molecule has 0 saturated heterocycles. The number of halogens is 2. The van der Waals surface area contributed by atoms with Gasteiger partial charge in [0.2, 0.25) is 0 Å². The van der Waals surface area contributed by atoms with E-state index < -0.39 is 0 Å². The molecule has 0 atom stereocenters. The number of rotatable bonds is 3. The van der Waals surface area contributed by atoms with Gasteiger partial charge >= 0.3 is 0 Å². The lowest BCUT2D eigenvalue weighted by molar-refractivity contribution is 0.357. The maximum Gasteiger partial charge on any atom is 0.139 e. The van der Waals surface area contributed by atoms with Gasteiger partial charge in [0.15, 0.2) is 0 Å². The predicted octanol–water partition coefficient (Wildman–Crippen LogP) is 4.25. The Labute approximate surface area is 127 Å². The van der Waals surface area contributed by atoms with Crippen LogP contribution >= 0.6 is 23.2 Å². The molecule has 0 amide bonds. The first-order valence-electron chi connectivity index (χ1n) is 6.30. The van der Waals surface area contributed by atoms with Crippen LogP contribution in [0.15, 0.2) is 30.3 Å². The summed E-state index contributed by atoms with van der Waals surface area (Å²) in [5.41, 5.74) is 2.84. The quantitative estimate of drug-likeness (QED) is 0.890. The molecule has 0 unspecified atom stereocenters. The lowest BCUT2D eigenvalue weighted by Crippen LogP contribution is -2.00. The van der Waals surface area contributed by atoms with Crippen molar-refractivity contribution in [3.63, 3.8) is 0 Å². The van der Waals surface area contributed by atoms with E-state index in [1.165, 1.54) is 11.6 Å². The van der Waals surface area contributed by atoms with Crippen molar-refractivity contribution in [2.75, 3.05) is 11.9 Å². The number of nitrogens with one attached hydrogen (secondary N) is 1. The molecule has 0 radical (unpaired) electrons. The summed E-state index contributed by atoms with van der Waals surface area (Å²) in [4.78, 5) is 0. The number of phenolic OH excluding ortho intramolecular Hbond substituents is 1. The zero-order valence-electron chi connectivity index (χ0n) is 10.6. The molecular formula is C15H13Cl2NO2. The minimum atomic E-state index is 0.0630. The summed E-state index contributed by atoms with van der Waals surface area (Å²) < 4.78 is 5.46. The molecule has 2 aromatic carbocycles. The van der Waals surface area contributed by atoms with E-state index in [4.69, 9.17) is 27.9 Å². The number of aromatic hydroxyl groups is 1. The lowest BCUT2D eigenvalue weighted by atomic mass is 10.1. The SMILES string of the molecule is Oc1c(Cl)cc(Cl)cc1CNc1ccc2c(c1)CCO2. The maximum absolute atomic E-state index is 9.90. The van der Waals surface area contributed by atoms with Gasteiger partial charge in [0.05, 0.1) is 11.6 Å². The Morgan fingerprint density at radius 3 is 2.90 bits per heavy atom. The van der Waals surface area contributed by atoms with Gasteiger partial charge in [0.25, 0.3) is 0 Å². The molecular weight excluding hydrogens is 297 g/mol. The van der Waals surface area contributed by atoms with Crippen molar-refractivity contribution in [3.8, 4) is 11.5 Å². The van der Waals surface area contributed by atoms with Crippen molar-refractivity contribution in [1.29, 1.82) is 0 Å². The van der Waals surface area contributed by atoms with Crippen LogP contribution in [0, 0.1) is 0 Å². The van der Waals surface area contributed by atoms with Gasteiger partial charge in [-0.15, -0.1) is 0 Å². The van der Waals surface area contributed by atoms with Crippen LogP contribution in [0.3, 0.4) is 0 Å². The van der Waals surface area contributed by atoms with Crippen LogP contribution in [0.1, 0.15) is 11.1 Å². The zero-order chi connectivity index (χ0) is 14.1. The van der Waals surface area contributed by atoms with E-state index in [1.807, 2.05) is 12.1 Å². The summed E-state index contributed by atoms with van der Waals surface area (Å²) >= 11 is 11.8. The number of hydrogen-bond acceptors (Lipinski definition) is 3. The Morgan fingerprint density at radius 2 is 2.05 bits per heavy atom. The second kappa shape index (κ2) is 5.43. The Balaban J connectivity index is 1.77. The topological polar surface area (TPSA) is 41.5 Å². The normalized spacial score (nSPS) is 12.9. The molecule has 104 valence electrons. The fourth-order valence-corrected chi connectivity index (χ4v) is 2.78. The summed E-state index contributed by atoms with van der Waals surface area (Å²) in [7, 11) is 0. The zero-order valence-corrected chi connectivity index (χ0v) is 12.1. The summed E-state index contributed by atoms with van der Waals surface area (Å²) in [6.45, 7) is 1.19. The third-order valence-electron chi connectivity index (χ3n) is 3.28. The highest BCUT2D eigenvalue weighted by atomic mass is 35.5. The number of fused-ring (bicyclic) bond motifs is 1. The number of anilines is 1. The van der Waals surface area contributed by atoms with Crippen LogP contribution in [0.25, 0.3) is 0 Å². The highest BCUT2D eigenvalue weighted by molar-refractivity contribution is 6.35. The first kappa shape index (κ1) is 13.4. The average Bonchev–Trinajstić information content (AvgIpc) is 2.88. The van der Waals surface area contributed by atoms with E-state index in [1.54, 1.807) is 6.07 Å². The van der Waals surface area contributed by atoms with Crippen molar-refractivity contribution in [3.05, 3.63) is 51.5 Å². The molecule has 3 nitrogen and oxygen atoms in total. The Morgan fingerprint density at radius 1 is 1.20 bits per heavy atom. The van der Waals surface area contributed by atoms with E-state index in [2.05, 4.69) is 11.4 Å². The molecule has 0 bridgehead atoms. The Kier molecular flexibility index (Phi) is 3.64. The number of ether oxygens (including phenoxy) is 1. The summed E-state index contributed by atoms with van der Waals surface area (Å²) in [6.07, 6.45) is 0.930. The molecule has 1 aliphatic heterocycles. The van der Waals surface area contributed by atoms with Gasteiger partial charge in [-0.05, 0) is 35.9 Å². The maximum atomic E-state index is 9.90. The number of benzene rings is 2. The molecule has 0 aliphatic carbocycles. The number of hydrogen-bond donors (Lipinski definition) is 2. The molecule has 0 fully saturated rings. The minimum Gasteiger partial charge on any atom is -0.506 e. The standard InChI is InChI=1S/C15H13Cl2NO2/c16-11-5-10(15(19)13(17)7-11)8-18-12-1-2-14-9(6-12)3-4-20-14/h1-2,5-7,18-19H,3-4,8H2. The smallest absolute Gasteiger partial charge is 0.139 e. The molecule has 0 spiro atoms. The van der Waals surface area contributed by atoms with Crippen molar-refractivity contribution in [2.24, 2.45) is 0 Å². The van der Waals surface area contributed by atoms with Gasteiger partial charge in [-0.25, -0.2) is 0 Å². The van der Waals surface area contributed by atoms with Gasteiger partial charge < -0.3 is 15.2 Å². The van der Waals surface area contributed by atoms with Crippen molar-refractivity contribution >= 4 is 28.9 Å². The molecule has 1 aliphatic rings. The van der Waals surface area contributed by atoms with Crippen LogP contribution in [-0.2, 0) is 13.0 Å². The van der Waals surface area contributed by atoms with E-state index in [0.29, 0.717) is 17.1 Å². The third kappa shape index (κ3) is 2.65. The summed E-state index contributed by atoms with van der Waals surface area (Å²) in [6, 6.07) is 9.19. The van der Waals surface area contributed by atoms with Crippen LogP contribution in [0.5, 0.6) is 11.5 Å². The van der Waals surface area contributed by atoms with Crippen LogP contribution in [0.4, 0.5) is 5.69 Å². The monoisotopic (exact) mass is 309 g/mol. The molecule has 2 N–H and O–H groups in total. The van der Waals surface area contributed by atoms with Crippen LogP contribution in [0.2, 0.25) is 10.0 Å². The fraction of sp³-hybridized carbons (Fsp3) is 0.200. The van der Waals surface area contributed by atoms with E-state index in [9.17, 15) is 5.11 Å². The molecule has 2 aromatic rings. The molecule has 5 heteroatoms. The third-order valence-corrected chi connectivity index (χ3v) is 3.79. The van der Waals surface area contributed by atoms with Gasteiger partial charge in [0.1, 0.15) is 11.5 Å². The van der Waals surface area contributed by atoms with Crippen LogP contribution in [-0.4, -0.2) is 11.7 Å². The van der Waals surface area contributed by atoms with E-state index >= 15 is 0 Å². The largest absolute Gasteiger partial charge is 0.506 e. The Bertz CT molecular complexity index is 659. The summed E-state index contributed by atoms with van der Waals surface area (Å²) in [5.74, 6) is 1.01. The molecule has 0 saturated carbocycles. The van der Waals surface area contributed by atoms with E-state index in [0.717, 1.165) is 24.5 Å². The molecule has 3 rings (SSSR count). The first-order chi connectivity index (χ1) is 9.63. The number of phenols is 1. The van der Waals surface area contributed by atoms with Gasteiger partial charge in [0, 0.05) is 29.2 Å². The van der Waals surface area contributed by atoms with Crippen molar-refractivity contribution in [2.45, 2.75) is 13.0 Å². The van der Waals surface area contributed by atoms with Crippen LogP contribution < -0.4 is 10.1 Å². The molecule has 1 heterocycles. The second-order valence-electron chi connectivity index (χ2n) is 4.67. The molecule has 20 heavy (non-hydrogen) atoms. The average molecular weight is 310 g/mol. The van der Waals surface area contributed by atoms with Gasteiger partial charge in [-0.3, -0.25) is 0 Å². The van der Waals surface area contributed by atoms with Gasteiger partial charge in [-0.2, -0.15) is 0 Å². The van der Waals surface area contributed by atoms with Crippen molar-refractivity contribution < 1.29 is 9.84 Å². The van der Waals surface area contributed by atoms with Gasteiger partial charge in [-0.1, -0.05) is 23.2 Å². The Hall–Kier alpha value is -1.58. The second-order valence-corrected chi connectivity index (χ2v) is 5.51. The van der Waals surface area contributed by atoms with Crippen molar-refractivity contribution in [1.82, 2.24) is 0 Å².